The van der Waals surface area contributed by atoms with E-state index in [1.165, 1.54) is 3.57 Å². The third-order valence-corrected chi connectivity index (χ3v) is 3.45. The number of piperidine rings is 1. The fourth-order valence-corrected chi connectivity index (χ4v) is 2.19. The van der Waals surface area contributed by atoms with Gasteiger partial charge >= 0.3 is 0 Å². The topological polar surface area (TPSA) is 25.4 Å². The summed E-state index contributed by atoms with van der Waals surface area (Å²) in [6.07, 6.45) is 4.55. The van der Waals surface area contributed by atoms with E-state index in [4.69, 9.17) is 4.74 Å². The van der Waals surface area contributed by atoms with Crippen LogP contribution in [0.4, 0.5) is 5.82 Å². The van der Waals surface area contributed by atoms with Crippen LogP contribution in [0.25, 0.3) is 0 Å². The highest BCUT2D eigenvalue weighted by atomic mass is 127. The van der Waals surface area contributed by atoms with Gasteiger partial charge in [0.1, 0.15) is 5.82 Å². The van der Waals surface area contributed by atoms with Gasteiger partial charge in [-0.25, -0.2) is 4.98 Å². The molecule has 0 atom stereocenters. The molecular weight excluding hydrogens is 303 g/mol. The number of methoxy groups -OCH3 is 1. The highest BCUT2D eigenvalue weighted by molar-refractivity contribution is 14.1. The SMILES string of the molecule is COC1CCN(c2ccc(I)cn2)CC1. The van der Waals surface area contributed by atoms with Gasteiger partial charge in [-0.2, -0.15) is 0 Å². The summed E-state index contributed by atoms with van der Waals surface area (Å²) < 4.78 is 6.53. The normalized spacial score (nSPS) is 18.1. The molecule has 0 aromatic carbocycles. The summed E-state index contributed by atoms with van der Waals surface area (Å²) in [6, 6.07) is 4.19. The molecule has 0 N–H and O–H groups in total. The Bertz CT molecular complexity index is 307. The number of ether oxygens (including phenoxy) is 1. The van der Waals surface area contributed by atoms with Crippen molar-refractivity contribution in [1.29, 1.82) is 0 Å². The van der Waals surface area contributed by atoms with Crippen LogP contribution >= 0.6 is 22.6 Å². The number of pyridine rings is 1. The largest absolute Gasteiger partial charge is 0.381 e. The van der Waals surface area contributed by atoms with Crippen molar-refractivity contribution in [3.63, 3.8) is 0 Å². The Hall–Kier alpha value is -0.360. The summed E-state index contributed by atoms with van der Waals surface area (Å²) >= 11 is 2.28. The van der Waals surface area contributed by atoms with Crippen LogP contribution in [0.15, 0.2) is 18.3 Å². The third-order valence-electron chi connectivity index (χ3n) is 2.81. The standard InChI is InChI=1S/C11H15IN2O/c1-15-10-4-6-14(7-5-10)11-3-2-9(12)8-13-11/h2-3,8,10H,4-7H2,1H3. The fourth-order valence-electron chi connectivity index (χ4n) is 1.88. The van der Waals surface area contributed by atoms with E-state index in [0.717, 1.165) is 31.7 Å². The molecule has 1 aliphatic rings. The molecule has 0 saturated carbocycles. The van der Waals surface area contributed by atoms with E-state index in [1.54, 1.807) is 7.11 Å². The van der Waals surface area contributed by atoms with Crippen molar-refractivity contribution in [3.05, 3.63) is 21.9 Å². The first-order valence-electron chi connectivity index (χ1n) is 5.19. The maximum absolute atomic E-state index is 5.35. The van der Waals surface area contributed by atoms with Gasteiger partial charge in [-0.15, -0.1) is 0 Å². The Kier molecular flexibility index (Phi) is 3.80. The second-order valence-corrected chi connectivity index (χ2v) is 5.00. The smallest absolute Gasteiger partial charge is 0.128 e. The molecule has 15 heavy (non-hydrogen) atoms. The minimum Gasteiger partial charge on any atom is -0.381 e. The Morgan fingerprint density at radius 2 is 2.13 bits per heavy atom. The number of rotatable bonds is 2. The molecule has 0 aliphatic carbocycles. The van der Waals surface area contributed by atoms with E-state index < -0.39 is 0 Å². The minimum atomic E-state index is 0.435. The van der Waals surface area contributed by atoms with Crippen LogP contribution in [0, 0.1) is 3.57 Å². The van der Waals surface area contributed by atoms with Gasteiger partial charge in [0, 0.05) is 30.0 Å². The van der Waals surface area contributed by atoms with Crippen LogP contribution in [0.2, 0.25) is 0 Å². The van der Waals surface area contributed by atoms with Crippen molar-refractivity contribution in [2.75, 3.05) is 25.1 Å². The number of hydrogen-bond donors (Lipinski definition) is 0. The summed E-state index contributed by atoms with van der Waals surface area (Å²) in [7, 11) is 1.80. The van der Waals surface area contributed by atoms with Gasteiger partial charge in [0.2, 0.25) is 0 Å². The molecule has 0 amide bonds. The maximum atomic E-state index is 5.35. The molecule has 4 heteroatoms. The monoisotopic (exact) mass is 318 g/mol. The molecule has 2 rings (SSSR count). The lowest BCUT2D eigenvalue weighted by atomic mass is 10.1. The predicted octanol–water partition coefficient (Wildman–Crippen LogP) is 2.30. The minimum absolute atomic E-state index is 0.435. The van der Waals surface area contributed by atoms with E-state index >= 15 is 0 Å². The molecule has 1 fully saturated rings. The lowest BCUT2D eigenvalue weighted by Crippen LogP contribution is -2.37. The average Bonchev–Trinajstić information content (AvgIpc) is 2.30. The molecule has 3 nitrogen and oxygen atoms in total. The van der Waals surface area contributed by atoms with E-state index in [1.807, 2.05) is 6.20 Å². The molecule has 0 unspecified atom stereocenters. The zero-order valence-corrected chi connectivity index (χ0v) is 11.0. The van der Waals surface area contributed by atoms with Crippen molar-refractivity contribution in [2.45, 2.75) is 18.9 Å². The van der Waals surface area contributed by atoms with Crippen molar-refractivity contribution >= 4 is 28.4 Å². The lowest BCUT2D eigenvalue weighted by molar-refractivity contribution is 0.0818. The summed E-state index contributed by atoms with van der Waals surface area (Å²) in [4.78, 5) is 6.76. The number of hydrogen-bond acceptors (Lipinski definition) is 3. The second kappa shape index (κ2) is 5.12. The first-order chi connectivity index (χ1) is 7.29. The van der Waals surface area contributed by atoms with Gasteiger partial charge in [-0.05, 0) is 47.6 Å². The summed E-state index contributed by atoms with van der Waals surface area (Å²) in [6.45, 7) is 2.10. The van der Waals surface area contributed by atoms with Gasteiger partial charge in [-0.1, -0.05) is 0 Å². The predicted molar refractivity (Wildman–Crippen MR) is 69.2 cm³/mol. The Balaban J connectivity index is 1.98. The molecular formula is C11H15IN2O. The molecule has 2 heterocycles. The molecule has 1 aliphatic heterocycles. The Morgan fingerprint density at radius 3 is 2.67 bits per heavy atom. The van der Waals surface area contributed by atoms with Crippen molar-refractivity contribution in [3.8, 4) is 0 Å². The van der Waals surface area contributed by atoms with E-state index in [0.29, 0.717) is 6.10 Å². The van der Waals surface area contributed by atoms with Gasteiger partial charge in [-0.3, -0.25) is 0 Å². The maximum Gasteiger partial charge on any atom is 0.128 e. The Labute approximate surface area is 104 Å². The van der Waals surface area contributed by atoms with E-state index in [-0.39, 0.29) is 0 Å². The zero-order valence-electron chi connectivity index (χ0n) is 8.82. The van der Waals surface area contributed by atoms with Crippen molar-refractivity contribution in [1.82, 2.24) is 4.98 Å². The molecule has 1 aromatic rings. The average molecular weight is 318 g/mol. The number of halogens is 1. The zero-order chi connectivity index (χ0) is 10.7. The van der Waals surface area contributed by atoms with Gasteiger partial charge in [0.05, 0.1) is 6.10 Å². The molecule has 0 radical (unpaired) electrons. The third kappa shape index (κ3) is 2.81. The first kappa shape index (κ1) is 11.1. The number of anilines is 1. The second-order valence-electron chi connectivity index (χ2n) is 3.76. The lowest BCUT2D eigenvalue weighted by Gasteiger charge is -2.32. The van der Waals surface area contributed by atoms with Gasteiger partial charge in [0.15, 0.2) is 0 Å². The van der Waals surface area contributed by atoms with Crippen LogP contribution in [0.5, 0.6) is 0 Å². The summed E-state index contributed by atoms with van der Waals surface area (Å²) in [5, 5.41) is 0. The van der Waals surface area contributed by atoms with E-state index in [9.17, 15) is 0 Å². The van der Waals surface area contributed by atoms with E-state index in [2.05, 4.69) is 44.6 Å². The fraction of sp³-hybridized carbons (Fsp3) is 0.545. The summed E-state index contributed by atoms with van der Waals surface area (Å²) in [5.41, 5.74) is 0. The summed E-state index contributed by atoms with van der Waals surface area (Å²) in [5.74, 6) is 1.09. The molecule has 0 bridgehead atoms. The highest BCUT2D eigenvalue weighted by Gasteiger charge is 2.19. The molecule has 1 aromatic heterocycles. The van der Waals surface area contributed by atoms with Crippen LogP contribution in [0.3, 0.4) is 0 Å². The molecule has 0 spiro atoms. The number of aromatic nitrogens is 1. The number of nitrogens with zero attached hydrogens (tertiary/aromatic N) is 2. The highest BCUT2D eigenvalue weighted by Crippen LogP contribution is 2.19. The first-order valence-corrected chi connectivity index (χ1v) is 6.27. The van der Waals surface area contributed by atoms with Crippen LogP contribution in [-0.4, -0.2) is 31.3 Å². The van der Waals surface area contributed by atoms with Gasteiger partial charge in [0.25, 0.3) is 0 Å². The van der Waals surface area contributed by atoms with Crippen LogP contribution in [-0.2, 0) is 4.74 Å². The Morgan fingerprint density at radius 1 is 1.40 bits per heavy atom. The van der Waals surface area contributed by atoms with Crippen LogP contribution < -0.4 is 4.90 Å². The quantitative estimate of drug-likeness (QED) is 0.783. The molecule has 1 saturated heterocycles. The van der Waals surface area contributed by atoms with Gasteiger partial charge < -0.3 is 9.64 Å². The van der Waals surface area contributed by atoms with Crippen molar-refractivity contribution in [2.24, 2.45) is 0 Å². The van der Waals surface area contributed by atoms with Crippen LogP contribution in [0.1, 0.15) is 12.8 Å². The molecule has 82 valence electrons. The van der Waals surface area contributed by atoms with Crippen molar-refractivity contribution < 1.29 is 4.74 Å².